The molecule has 0 saturated heterocycles. The van der Waals surface area contributed by atoms with Crippen molar-refractivity contribution in [3.8, 4) is 0 Å². The molecule has 1 atom stereocenters. The van der Waals surface area contributed by atoms with E-state index in [0.29, 0.717) is 6.42 Å². The van der Waals surface area contributed by atoms with Crippen LogP contribution in [0.25, 0.3) is 0 Å². The number of hydrogen-bond donors (Lipinski definition) is 2. The van der Waals surface area contributed by atoms with Crippen molar-refractivity contribution in [1.29, 1.82) is 0 Å². The van der Waals surface area contributed by atoms with E-state index in [9.17, 15) is 12.8 Å². The summed E-state index contributed by atoms with van der Waals surface area (Å²) in [5.41, 5.74) is 0.852. The van der Waals surface area contributed by atoms with Crippen molar-refractivity contribution < 1.29 is 17.9 Å². The number of aliphatic hydroxyl groups is 1. The van der Waals surface area contributed by atoms with Gasteiger partial charge in [-0.15, -0.1) is 0 Å². The van der Waals surface area contributed by atoms with Crippen LogP contribution in [0.2, 0.25) is 0 Å². The first-order valence-corrected chi connectivity index (χ1v) is 6.93. The number of sulfonamides is 1. The van der Waals surface area contributed by atoms with Crippen LogP contribution in [-0.4, -0.2) is 31.9 Å². The Morgan fingerprint density at radius 2 is 1.94 bits per heavy atom. The van der Waals surface area contributed by atoms with Crippen molar-refractivity contribution in [3.05, 3.63) is 35.6 Å². The van der Waals surface area contributed by atoms with Crippen LogP contribution >= 0.6 is 0 Å². The SMILES string of the molecule is CC(Cc1ccc(F)cc1)NS(=O)(=O)CCO. The van der Waals surface area contributed by atoms with Crippen LogP contribution in [0.5, 0.6) is 0 Å². The fourth-order valence-corrected chi connectivity index (χ4v) is 2.56. The van der Waals surface area contributed by atoms with Gasteiger partial charge in [-0.05, 0) is 31.0 Å². The second kappa shape index (κ2) is 6.09. The van der Waals surface area contributed by atoms with E-state index in [1.54, 1.807) is 19.1 Å². The van der Waals surface area contributed by atoms with Gasteiger partial charge in [0.2, 0.25) is 10.0 Å². The summed E-state index contributed by atoms with van der Waals surface area (Å²) in [5, 5.41) is 8.57. The van der Waals surface area contributed by atoms with Crippen LogP contribution in [0.3, 0.4) is 0 Å². The lowest BCUT2D eigenvalue weighted by Gasteiger charge is -2.13. The molecule has 1 rings (SSSR count). The minimum Gasteiger partial charge on any atom is -0.395 e. The standard InChI is InChI=1S/C11H16FNO3S/c1-9(13-17(15,16)7-6-14)8-10-2-4-11(12)5-3-10/h2-5,9,13-14H,6-8H2,1H3. The highest BCUT2D eigenvalue weighted by atomic mass is 32.2. The van der Waals surface area contributed by atoms with E-state index in [0.717, 1.165) is 5.56 Å². The predicted octanol–water partition coefficient (Wildman–Crippen LogP) is 0.668. The normalized spacial score (nSPS) is 13.6. The van der Waals surface area contributed by atoms with Gasteiger partial charge in [-0.3, -0.25) is 0 Å². The maximum Gasteiger partial charge on any atom is 0.214 e. The molecule has 0 aromatic heterocycles. The summed E-state index contributed by atoms with van der Waals surface area (Å²) >= 11 is 0. The van der Waals surface area contributed by atoms with E-state index in [-0.39, 0.29) is 17.6 Å². The van der Waals surface area contributed by atoms with Gasteiger partial charge in [-0.25, -0.2) is 17.5 Å². The molecule has 0 bridgehead atoms. The molecule has 17 heavy (non-hydrogen) atoms. The van der Waals surface area contributed by atoms with Crippen LogP contribution in [0, 0.1) is 5.82 Å². The number of nitrogens with one attached hydrogen (secondary N) is 1. The monoisotopic (exact) mass is 261 g/mol. The van der Waals surface area contributed by atoms with E-state index in [1.165, 1.54) is 12.1 Å². The summed E-state index contributed by atoms with van der Waals surface area (Å²) in [6, 6.07) is 5.62. The van der Waals surface area contributed by atoms with E-state index in [1.807, 2.05) is 0 Å². The number of benzene rings is 1. The average Bonchev–Trinajstić information content (AvgIpc) is 2.20. The van der Waals surface area contributed by atoms with Gasteiger partial charge in [0.25, 0.3) is 0 Å². The van der Waals surface area contributed by atoms with Gasteiger partial charge in [-0.1, -0.05) is 12.1 Å². The summed E-state index contributed by atoms with van der Waals surface area (Å²) in [4.78, 5) is 0. The highest BCUT2D eigenvalue weighted by Gasteiger charge is 2.13. The topological polar surface area (TPSA) is 66.4 Å². The zero-order valence-electron chi connectivity index (χ0n) is 9.56. The lowest BCUT2D eigenvalue weighted by molar-refractivity contribution is 0.319. The number of rotatable bonds is 6. The third kappa shape index (κ3) is 5.25. The average molecular weight is 261 g/mol. The Bertz CT molecular complexity index is 444. The summed E-state index contributed by atoms with van der Waals surface area (Å²) in [6.07, 6.45) is 0.477. The summed E-state index contributed by atoms with van der Waals surface area (Å²) in [7, 11) is -3.43. The quantitative estimate of drug-likeness (QED) is 0.791. The van der Waals surface area contributed by atoms with Crippen molar-refractivity contribution >= 4 is 10.0 Å². The highest BCUT2D eigenvalue weighted by molar-refractivity contribution is 7.89. The summed E-state index contributed by atoms with van der Waals surface area (Å²) in [5.74, 6) is -0.622. The predicted molar refractivity (Wildman–Crippen MR) is 63.6 cm³/mol. The van der Waals surface area contributed by atoms with Crippen LogP contribution < -0.4 is 4.72 Å². The van der Waals surface area contributed by atoms with Crippen LogP contribution in [0.4, 0.5) is 4.39 Å². The Labute approximate surface area is 101 Å². The van der Waals surface area contributed by atoms with E-state index < -0.39 is 16.6 Å². The molecule has 0 amide bonds. The molecule has 0 heterocycles. The first kappa shape index (κ1) is 14.1. The molecule has 1 aromatic rings. The summed E-state index contributed by atoms with van der Waals surface area (Å²) < 4.78 is 37.8. The van der Waals surface area contributed by atoms with Crippen LogP contribution in [-0.2, 0) is 16.4 Å². The summed E-state index contributed by atoms with van der Waals surface area (Å²) in [6.45, 7) is 1.32. The van der Waals surface area contributed by atoms with Crippen molar-refractivity contribution in [2.75, 3.05) is 12.4 Å². The first-order valence-electron chi connectivity index (χ1n) is 5.28. The lowest BCUT2D eigenvalue weighted by atomic mass is 10.1. The van der Waals surface area contributed by atoms with Crippen molar-refractivity contribution in [1.82, 2.24) is 4.72 Å². The molecule has 0 fully saturated rings. The third-order valence-electron chi connectivity index (χ3n) is 2.20. The van der Waals surface area contributed by atoms with Crippen LogP contribution in [0.1, 0.15) is 12.5 Å². The molecule has 0 spiro atoms. The minimum absolute atomic E-state index is 0.294. The Kier molecular flexibility index (Phi) is 5.04. The van der Waals surface area contributed by atoms with E-state index in [4.69, 9.17) is 5.11 Å². The van der Waals surface area contributed by atoms with Gasteiger partial charge >= 0.3 is 0 Å². The second-order valence-electron chi connectivity index (χ2n) is 3.89. The maximum absolute atomic E-state index is 12.7. The third-order valence-corrected chi connectivity index (χ3v) is 3.68. The molecular weight excluding hydrogens is 245 g/mol. The van der Waals surface area contributed by atoms with Crippen molar-refractivity contribution in [2.24, 2.45) is 0 Å². The first-order chi connectivity index (χ1) is 7.93. The van der Waals surface area contributed by atoms with Crippen molar-refractivity contribution in [2.45, 2.75) is 19.4 Å². The maximum atomic E-state index is 12.7. The molecule has 1 aromatic carbocycles. The minimum atomic E-state index is -3.43. The van der Waals surface area contributed by atoms with Gasteiger partial charge in [0.05, 0.1) is 12.4 Å². The van der Waals surface area contributed by atoms with Crippen molar-refractivity contribution in [3.63, 3.8) is 0 Å². The molecular formula is C11H16FNO3S. The Morgan fingerprint density at radius 1 is 1.35 bits per heavy atom. The molecule has 0 aliphatic heterocycles. The number of hydrogen-bond acceptors (Lipinski definition) is 3. The van der Waals surface area contributed by atoms with Crippen LogP contribution in [0.15, 0.2) is 24.3 Å². The Hall–Kier alpha value is -0.980. The second-order valence-corrected chi connectivity index (χ2v) is 5.77. The Morgan fingerprint density at radius 3 is 2.47 bits per heavy atom. The van der Waals surface area contributed by atoms with Gasteiger partial charge in [0.1, 0.15) is 5.82 Å². The fraction of sp³-hybridized carbons (Fsp3) is 0.455. The molecule has 1 unspecified atom stereocenters. The molecule has 0 saturated carbocycles. The smallest absolute Gasteiger partial charge is 0.214 e. The van der Waals surface area contributed by atoms with Gasteiger partial charge in [-0.2, -0.15) is 0 Å². The van der Waals surface area contributed by atoms with E-state index >= 15 is 0 Å². The lowest BCUT2D eigenvalue weighted by Crippen LogP contribution is -2.36. The largest absolute Gasteiger partial charge is 0.395 e. The van der Waals surface area contributed by atoms with Gasteiger partial charge in [0, 0.05) is 6.04 Å². The zero-order valence-corrected chi connectivity index (χ0v) is 10.4. The molecule has 4 nitrogen and oxygen atoms in total. The highest BCUT2D eigenvalue weighted by Crippen LogP contribution is 2.06. The Balaban J connectivity index is 2.55. The molecule has 0 aliphatic rings. The molecule has 2 N–H and O–H groups in total. The molecule has 0 aliphatic carbocycles. The van der Waals surface area contributed by atoms with Gasteiger partial charge < -0.3 is 5.11 Å². The number of aliphatic hydroxyl groups excluding tert-OH is 1. The molecule has 0 radical (unpaired) electrons. The van der Waals surface area contributed by atoms with E-state index in [2.05, 4.69) is 4.72 Å². The van der Waals surface area contributed by atoms with Gasteiger partial charge in [0.15, 0.2) is 0 Å². The fourth-order valence-electron chi connectivity index (χ4n) is 1.50. The molecule has 6 heteroatoms. The zero-order chi connectivity index (χ0) is 12.9. The number of halogens is 1. The molecule has 96 valence electrons.